The molecule has 1 atom stereocenters. The van der Waals surface area contributed by atoms with E-state index in [0.717, 1.165) is 64.6 Å². The molecule has 4 heterocycles. The van der Waals surface area contributed by atoms with Crippen LogP contribution in [0.15, 0.2) is 56.2 Å². The first-order valence-corrected chi connectivity index (χ1v) is 17.2. The fraction of sp³-hybridized carbons (Fsp3) is 0.531. The molecule has 1 aromatic heterocycles. The summed E-state index contributed by atoms with van der Waals surface area (Å²) in [5, 5.41) is 0. The van der Waals surface area contributed by atoms with Gasteiger partial charge in [0.25, 0.3) is 5.91 Å². The Morgan fingerprint density at radius 3 is 2.23 bits per heavy atom. The number of hydrogen-bond donors (Lipinski definition) is 1. The zero-order valence-corrected chi connectivity index (χ0v) is 28.3. The van der Waals surface area contributed by atoms with Crippen LogP contribution in [0.1, 0.15) is 37.3 Å². The molecular weight excluding hydrogens is 692 g/mol. The first kappa shape index (κ1) is 31.3. The van der Waals surface area contributed by atoms with Crippen LogP contribution in [0.3, 0.4) is 0 Å². The average molecular weight is 733 g/mol. The highest BCUT2D eigenvalue weighted by atomic mass is 79.9. The van der Waals surface area contributed by atoms with Gasteiger partial charge in [0.2, 0.25) is 0 Å². The summed E-state index contributed by atoms with van der Waals surface area (Å²) >= 11 is 7.07. The number of benzene rings is 2. The lowest BCUT2D eigenvalue weighted by atomic mass is 10.0. The Labute approximate surface area is 274 Å². The molecule has 2 aromatic carbocycles. The third-order valence-electron chi connectivity index (χ3n) is 9.47. The zero-order valence-electron chi connectivity index (χ0n) is 25.1. The number of H-pyrrole nitrogens is 1. The standard InChI is InChI=1S/C32H40Br2N6O4/c1-36-16-18-37(19-17-36)23-8-12-38(13-9-23)30(41)29(21-22-6-7-25(33)26(34)20-22)44-32(43)39-14-10-24(11-15-39)40-28-5-3-2-4-27(28)35-31(40)42/h2-7,20,23-24,29H,8-19,21H2,1H3,(H,35,42)/t29-/m1/s1. The molecule has 10 nitrogen and oxygen atoms in total. The molecule has 236 valence electrons. The average Bonchev–Trinajstić information content (AvgIpc) is 3.38. The van der Waals surface area contributed by atoms with Crippen LogP contribution in [0.4, 0.5) is 4.79 Å². The van der Waals surface area contributed by atoms with Crippen molar-refractivity contribution in [3.63, 3.8) is 0 Å². The second kappa shape index (κ2) is 13.8. The number of carbonyl (C=O) groups is 2. The van der Waals surface area contributed by atoms with Crippen molar-refractivity contribution in [3.05, 3.63) is 67.5 Å². The van der Waals surface area contributed by atoms with Crippen molar-refractivity contribution in [1.29, 1.82) is 0 Å². The van der Waals surface area contributed by atoms with Crippen molar-refractivity contribution in [2.75, 3.05) is 59.4 Å². The van der Waals surface area contributed by atoms with Gasteiger partial charge in [-0.25, -0.2) is 9.59 Å². The number of likely N-dealkylation sites (N-methyl/N-ethyl adjacent to an activating group) is 1. The van der Waals surface area contributed by atoms with E-state index in [4.69, 9.17) is 4.74 Å². The smallest absolute Gasteiger partial charge is 0.410 e. The van der Waals surface area contributed by atoms with Gasteiger partial charge in [-0.2, -0.15) is 0 Å². The van der Waals surface area contributed by atoms with Crippen molar-refractivity contribution in [3.8, 4) is 0 Å². The number of nitrogens with one attached hydrogen (secondary N) is 1. The van der Waals surface area contributed by atoms with Crippen LogP contribution >= 0.6 is 31.9 Å². The molecule has 3 saturated heterocycles. The van der Waals surface area contributed by atoms with Crippen molar-refractivity contribution in [2.45, 2.75) is 50.3 Å². The van der Waals surface area contributed by atoms with Crippen LogP contribution in [0.2, 0.25) is 0 Å². The summed E-state index contributed by atoms with van der Waals surface area (Å²) in [5.74, 6) is -0.130. The Morgan fingerprint density at radius 1 is 0.864 bits per heavy atom. The summed E-state index contributed by atoms with van der Waals surface area (Å²) in [6.45, 7) is 6.54. The first-order chi connectivity index (χ1) is 21.3. The summed E-state index contributed by atoms with van der Waals surface area (Å²) in [5.41, 5.74) is 2.47. The minimum Gasteiger partial charge on any atom is -0.436 e. The van der Waals surface area contributed by atoms with Gasteiger partial charge in [0.05, 0.1) is 11.0 Å². The minimum atomic E-state index is -0.912. The Bertz CT molecular complexity index is 1530. The van der Waals surface area contributed by atoms with Crippen molar-refractivity contribution < 1.29 is 14.3 Å². The molecule has 3 aliphatic rings. The van der Waals surface area contributed by atoms with Gasteiger partial charge in [0, 0.05) is 79.8 Å². The Balaban J connectivity index is 1.10. The Hall–Kier alpha value is -2.67. The molecule has 3 fully saturated rings. The molecule has 0 spiro atoms. The molecule has 0 unspecified atom stereocenters. The van der Waals surface area contributed by atoms with Gasteiger partial charge >= 0.3 is 11.8 Å². The summed E-state index contributed by atoms with van der Waals surface area (Å²) in [4.78, 5) is 51.5. The number of aromatic amines is 1. The number of likely N-dealkylation sites (tertiary alicyclic amines) is 2. The van der Waals surface area contributed by atoms with Crippen LogP contribution in [0.5, 0.6) is 0 Å². The molecular formula is C32H40Br2N6O4. The van der Waals surface area contributed by atoms with Crippen molar-refractivity contribution in [1.82, 2.24) is 29.2 Å². The SMILES string of the molecule is CN1CCN(C2CCN(C(=O)[C@@H](Cc3ccc(Br)c(Br)c3)OC(=O)N3CCC(n4c(=O)[nH]c5ccccc54)CC3)CC2)CC1. The summed E-state index contributed by atoms with van der Waals surface area (Å²) in [7, 11) is 2.16. The maximum Gasteiger partial charge on any atom is 0.410 e. The molecule has 1 N–H and O–H groups in total. The summed E-state index contributed by atoms with van der Waals surface area (Å²) in [6, 6.07) is 14.0. The molecule has 12 heteroatoms. The maximum absolute atomic E-state index is 13.9. The van der Waals surface area contributed by atoms with E-state index in [1.54, 1.807) is 4.90 Å². The number of nitrogens with zero attached hydrogens (tertiary/aromatic N) is 5. The van der Waals surface area contributed by atoms with Crippen molar-refractivity contribution in [2.24, 2.45) is 0 Å². The summed E-state index contributed by atoms with van der Waals surface area (Å²) in [6.07, 6.45) is 2.04. The highest BCUT2D eigenvalue weighted by molar-refractivity contribution is 9.13. The van der Waals surface area contributed by atoms with Crippen LogP contribution in [-0.2, 0) is 16.0 Å². The number of halogens is 2. The molecule has 6 rings (SSSR count). The topological polar surface area (TPSA) is 94.1 Å². The van der Waals surface area contributed by atoms with Gasteiger partial charge in [-0.15, -0.1) is 0 Å². The number of aromatic nitrogens is 2. The quantitative estimate of drug-likeness (QED) is 0.402. The minimum absolute atomic E-state index is 0.0122. The van der Waals surface area contributed by atoms with E-state index in [9.17, 15) is 14.4 Å². The number of carbonyl (C=O) groups excluding carboxylic acids is 2. The van der Waals surface area contributed by atoms with Crippen LogP contribution in [0, 0.1) is 0 Å². The Morgan fingerprint density at radius 2 is 1.52 bits per heavy atom. The highest BCUT2D eigenvalue weighted by Crippen LogP contribution is 2.28. The molecule has 0 bridgehead atoms. The molecule has 2 amide bonds. The number of rotatable bonds is 6. The Kier molecular flexibility index (Phi) is 9.79. The number of imidazole rings is 1. The van der Waals surface area contributed by atoms with E-state index in [1.807, 2.05) is 51.9 Å². The lowest BCUT2D eigenvalue weighted by molar-refractivity contribution is -0.142. The van der Waals surface area contributed by atoms with Gasteiger partial charge in [-0.1, -0.05) is 18.2 Å². The van der Waals surface area contributed by atoms with Crippen LogP contribution in [-0.4, -0.2) is 113 Å². The van der Waals surface area contributed by atoms with Gasteiger partial charge in [0.1, 0.15) is 0 Å². The number of piperazine rings is 1. The van der Waals surface area contributed by atoms with Gasteiger partial charge in [-0.3, -0.25) is 14.3 Å². The first-order valence-electron chi connectivity index (χ1n) is 15.6. The van der Waals surface area contributed by atoms with E-state index < -0.39 is 12.2 Å². The van der Waals surface area contributed by atoms with Crippen LogP contribution in [0.25, 0.3) is 11.0 Å². The second-order valence-corrected chi connectivity index (χ2v) is 14.0. The molecule has 44 heavy (non-hydrogen) atoms. The maximum atomic E-state index is 13.9. The molecule has 3 aromatic rings. The van der Waals surface area contributed by atoms with Gasteiger partial charge in [-0.05, 0) is 94.4 Å². The lowest BCUT2D eigenvalue weighted by Gasteiger charge is -2.42. The predicted molar refractivity (Wildman–Crippen MR) is 177 cm³/mol. The molecule has 0 radical (unpaired) electrons. The summed E-state index contributed by atoms with van der Waals surface area (Å²) < 4.78 is 9.64. The predicted octanol–water partition coefficient (Wildman–Crippen LogP) is 4.48. The zero-order chi connectivity index (χ0) is 30.8. The fourth-order valence-electron chi connectivity index (χ4n) is 6.84. The fourth-order valence-corrected chi connectivity index (χ4v) is 7.51. The number of fused-ring (bicyclic) bond motifs is 1. The number of piperidine rings is 2. The third kappa shape index (κ3) is 6.93. The largest absolute Gasteiger partial charge is 0.436 e. The van der Waals surface area contributed by atoms with E-state index >= 15 is 0 Å². The second-order valence-electron chi connectivity index (χ2n) is 12.3. The van der Waals surface area contributed by atoms with Crippen LogP contribution < -0.4 is 5.69 Å². The molecule has 3 aliphatic heterocycles. The van der Waals surface area contributed by atoms with E-state index in [0.29, 0.717) is 51.5 Å². The lowest BCUT2D eigenvalue weighted by Crippen LogP contribution is -2.54. The van der Waals surface area contributed by atoms with E-state index in [1.165, 1.54) is 0 Å². The van der Waals surface area contributed by atoms with E-state index in [-0.39, 0.29) is 17.6 Å². The number of para-hydroxylation sites is 2. The molecule has 0 saturated carbocycles. The third-order valence-corrected chi connectivity index (χ3v) is 11.3. The normalized spacial score (nSPS) is 20.2. The molecule has 0 aliphatic carbocycles. The monoisotopic (exact) mass is 730 g/mol. The van der Waals surface area contributed by atoms with Gasteiger partial charge in [0.15, 0.2) is 6.10 Å². The number of ether oxygens (including phenoxy) is 1. The van der Waals surface area contributed by atoms with Gasteiger partial charge < -0.3 is 24.4 Å². The highest BCUT2D eigenvalue weighted by Gasteiger charge is 2.35. The number of hydrogen-bond acceptors (Lipinski definition) is 6. The van der Waals surface area contributed by atoms with E-state index in [2.05, 4.69) is 53.7 Å². The number of amides is 2. The van der Waals surface area contributed by atoms with Crippen molar-refractivity contribution >= 4 is 54.9 Å².